The van der Waals surface area contributed by atoms with Crippen molar-refractivity contribution in [1.29, 1.82) is 0 Å². The number of hydrogen-bond acceptors (Lipinski definition) is 5. The predicted octanol–water partition coefficient (Wildman–Crippen LogP) is 6.68. The lowest BCUT2D eigenvalue weighted by atomic mass is 10.1. The highest BCUT2D eigenvalue weighted by Crippen LogP contribution is 2.33. The van der Waals surface area contributed by atoms with Crippen LogP contribution in [-0.2, 0) is 0 Å². The van der Waals surface area contributed by atoms with Crippen molar-refractivity contribution in [2.75, 3.05) is 0 Å². The summed E-state index contributed by atoms with van der Waals surface area (Å²) in [6.45, 7) is 5.40. The lowest BCUT2D eigenvalue weighted by molar-refractivity contribution is 0.0966. The molecule has 0 saturated heterocycles. The van der Waals surface area contributed by atoms with E-state index in [4.69, 9.17) is 0 Å². The van der Waals surface area contributed by atoms with Crippen LogP contribution in [0.25, 0.3) is 50.0 Å². The van der Waals surface area contributed by atoms with Gasteiger partial charge < -0.3 is 10.3 Å². The molecule has 8 nitrogen and oxygen atoms in total. The van der Waals surface area contributed by atoms with Crippen molar-refractivity contribution in [1.82, 2.24) is 30.5 Å². The number of aromatic amines is 2. The van der Waals surface area contributed by atoms with Gasteiger partial charge in [-0.1, -0.05) is 30.3 Å². The van der Waals surface area contributed by atoms with Crippen LogP contribution in [0.5, 0.6) is 0 Å². The quantitative estimate of drug-likeness (QED) is 0.155. The van der Waals surface area contributed by atoms with Gasteiger partial charge in [-0.2, -0.15) is 5.10 Å². The zero-order valence-corrected chi connectivity index (χ0v) is 22.0. The third kappa shape index (κ3) is 5.16. The van der Waals surface area contributed by atoms with Gasteiger partial charge in [-0.05, 0) is 62.2 Å². The number of aliphatic imine (C=N–C) groups is 1. The Morgan fingerprint density at radius 3 is 2.61 bits per heavy atom. The first-order chi connectivity index (χ1) is 20.0. The van der Waals surface area contributed by atoms with E-state index in [0.29, 0.717) is 39.5 Å². The number of allylic oxidation sites excluding steroid dienone is 3. The maximum atomic E-state index is 13.9. The second-order valence-electron chi connectivity index (χ2n) is 9.42. The number of rotatable bonds is 7. The van der Waals surface area contributed by atoms with Crippen molar-refractivity contribution >= 4 is 40.0 Å². The van der Waals surface area contributed by atoms with Crippen molar-refractivity contribution in [3.05, 3.63) is 120 Å². The highest BCUT2D eigenvalue weighted by molar-refractivity contribution is 6.00. The van der Waals surface area contributed by atoms with Crippen LogP contribution < -0.4 is 5.32 Å². The molecule has 1 amide bonds. The number of carbonyl (C=O) groups excluding carboxylic acids is 1. The number of nitrogens with one attached hydrogen (secondary N) is 3. The van der Waals surface area contributed by atoms with E-state index in [1.807, 2.05) is 42.5 Å². The molecular weight excluding hydrogens is 517 g/mol. The molecule has 9 heteroatoms. The molecule has 2 aromatic carbocycles. The van der Waals surface area contributed by atoms with Gasteiger partial charge in [-0.25, -0.2) is 4.39 Å². The molecule has 6 rings (SSSR count). The fourth-order valence-electron chi connectivity index (χ4n) is 4.71. The van der Waals surface area contributed by atoms with Crippen LogP contribution in [0.2, 0.25) is 0 Å². The van der Waals surface area contributed by atoms with Crippen LogP contribution in [-0.4, -0.2) is 37.8 Å². The largest absolute Gasteiger partial charge is 0.353 e. The Kier molecular flexibility index (Phi) is 6.75. The van der Waals surface area contributed by atoms with Gasteiger partial charge in [0.1, 0.15) is 11.5 Å². The van der Waals surface area contributed by atoms with Crippen molar-refractivity contribution in [2.24, 2.45) is 4.99 Å². The lowest BCUT2D eigenvalue weighted by Crippen LogP contribution is -2.21. The molecule has 0 radical (unpaired) electrons. The van der Waals surface area contributed by atoms with Gasteiger partial charge in [-0.3, -0.25) is 24.9 Å². The summed E-state index contributed by atoms with van der Waals surface area (Å²) >= 11 is 0. The molecule has 0 bridgehead atoms. The first-order valence-corrected chi connectivity index (χ1v) is 12.8. The Balaban J connectivity index is 1.37. The smallest absolute Gasteiger partial charge is 0.255 e. The van der Waals surface area contributed by atoms with E-state index in [-0.39, 0.29) is 11.7 Å². The predicted molar refractivity (Wildman–Crippen MR) is 160 cm³/mol. The number of benzene rings is 2. The Bertz CT molecular complexity index is 1990. The normalized spacial score (nSPS) is 12.1. The number of nitrogens with zero attached hydrogens (tertiary/aromatic N) is 4. The average molecular weight is 542 g/mol. The standard InChI is InChI=1S/C32H24FN7O/c1-19(37-32(41)20-7-4-3-5-8-20)13-22(17-34-2)27-15-25-29(18-36-27)39-40-31(25)28-16-24-26(38-28)11-12-35-30(24)21-9-6-10-23(33)14-21/h3-18,38H,2H2,1H3,(H,37,41)(H,39,40)/b19-13+,22-17+. The molecule has 0 aliphatic carbocycles. The Morgan fingerprint density at radius 2 is 1.80 bits per heavy atom. The van der Waals surface area contributed by atoms with E-state index in [2.05, 4.69) is 42.2 Å². The van der Waals surface area contributed by atoms with Gasteiger partial charge in [0.2, 0.25) is 0 Å². The third-order valence-corrected chi connectivity index (χ3v) is 6.59. The molecule has 0 atom stereocenters. The monoisotopic (exact) mass is 541 g/mol. The topological polar surface area (TPSA) is 112 Å². The number of H-pyrrole nitrogens is 2. The molecular formula is C32H24FN7O. The van der Waals surface area contributed by atoms with Gasteiger partial charge in [0.15, 0.2) is 0 Å². The Hall–Kier alpha value is -5.70. The van der Waals surface area contributed by atoms with E-state index >= 15 is 0 Å². The molecule has 41 heavy (non-hydrogen) atoms. The maximum Gasteiger partial charge on any atom is 0.255 e. The average Bonchev–Trinajstić information content (AvgIpc) is 3.61. The maximum absolute atomic E-state index is 13.9. The lowest BCUT2D eigenvalue weighted by Gasteiger charge is -2.07. The zero-order chi connectivity index (χ0) is 28.3. The molecule has 4 aromatic heterocycles. The van der Waals surface area contributed by atoms with Crippen LogP contribution in [0.4, 0.5) is 4.39 Å². The third-order valence-electron chi connectivity index (χ3n) is 6.59. The van der Waals surface area contributed by atoms with Crippen LogP contribution in [0.1, 0.15) is 23.0 Å². The Morgan fingerprint density at radius 1 is 0.976 bits per heavy atom. The van der Waals surface area contributed by atoms with Crippen molar-refractivity contribution in [3.8, 4) is 22.6 Å². The van der Waals surface area contributed by atoms with Crippen molar-refractivity contribution < 1.29 is 9.18 Å². The highest BCUT2D eigenvalue weighted by atomic mass is 19.1. The van der Waals surface area contributed by atoms with Crippen molar-refractivity contribution in [3.63, 3.8) is 0 Å². The molecule has 3 N–H and O–H groups in total. The number of fused-ring (bicyclic) bond motifs is 2. The molecule has 4 heterocycles. The number of pyridine rings is 2. The van der Waals surface area contributed by atoms with Crippen LogP contribution in [0.15, 0.2) is 108 Å². The number of carbonyl (C=O) groups is 1. The van der Waals surface area contributed by atoms with E-state index in [1.54, 1.807) is 49.8 Å². The molecule has 0 aliphatic rings. The SMILES string of the molecule is C=N/C=C(\C=C(/C)NC(=O)c1ccccc1)c1cc2c(-c3cc4c(-c5cccc(F)c5)nccc4[nH]3)n[nH]c2cn1. The summed E-state index contributed by atoms with van der Waals surface area (Å²) in [4.78, 5) is 29.1. The first kappa shape index (κ1) is 25.6. The first-order valence-electron chi connectivity index (χ1n) is 12.8. The summed E-state index contributed by atoms with van der Waals surface area (Å²) in [5.74, 6) is -0.533. The molecule has 0 fully saturated rings. The number of hydrogen-bond donors (Lipinski definition) is 3. The number of halogens is 1. The number of amides is 1. The molecule has 0 aliphatic heterocycles. The fourth-order valence-corrected chi connectivity index (χ4v) is 4.71. The Labute approximate surface area is 234 Å². The van der Waals surface area contributed by atoms with E-state index in [9.17, 15) is 9.18 Å². The van der Waals surface area contributed by atoms with Crippen LogP contribution >= 0.6 is 0 Å². The van der Waals surface area contributed by atoms with Crippen LogP contribution in [0.3, 0.4) is 0 Å². The fraction of sp³-hybridized carbons (Fsp3) is 0.0312. The number of aromatic nitrogens is 5. The summed E-state index contributed by atoms with van der Waals surface area (Å²) in [7, 11) is 0. The summed E-state index contributed by atoms with van der Waals surface area (Å²) in [5, 5.41) is 12.2. The summed E-state index contributed by atoms with van der Waals surface area (Å²) < 4.78 is 13.9. The minimum Gasteiger partial charge on any atom is -0.353 e. The minimum atomic E-state index is -0.322. The van der Waals surface area contributed by atoms with Gasteiger partial charge >= 0.3 is 0 Å². The zero-order valence-electron chi connectivity index (χ0n) is 22.0. The van der Waals surface area contributed by atoms with Crippen LogP contribution in [0, 0.1) is 5.82 Å². The van der Waals surface area contributed by atoms with Gasteiger partial charge in [0, 0.05) is 51.1 Å². The van der Waals surface area contributed by atoms with E-state index < -0.39 is 0 Å². The molecule has 0 unspecified atom stereocenters. The summed E-state index contributed by atoms with van der Waals surface area (Å²) in [6.07, 6.45) is 6.78. The highest BCUT2D eigenvalue weighted by Gasteiger charge is 2.16. The van der Waals surface area contributed by atoms with Gasteiger partial charge in [0.05, 0.1) is 28.8 Å². The molecule has 200 valence electrons. The van der Waals surface area contributed by atoms with Crippen molar-refractivity contribution in [2.45, 2.75) is 6.92 Å². The summed E-state index contributed by atoms with van der Waals surface area (Å²) in [5.41, 5.74) is 6.88. The molecule has 6 aromatic rings. The van der Waals surface area contributed by atoms with E-state index in [1.165, 1.54) is 12.1 Å². The van der Waals surface area contributed by atoms with E-state index in [0.717, 1.165) is 27.5 Å². The van der Waals surface area contributed by atoms with Gasteiger partial charge in [-0.15, -0.1) is 0 Å². The summed E-state index contributed by atoms with van der Waals surface area (Å²) in [6, 6.07) is 21.1. The minimum absolute atomic E-state index is 0.211. The molecule has 0 saturated carbocycles. The second-order valence-corrected chi connectivity index (χ2v) is 9.42. The van der Waals surface area contributed by atoms with Gasteiger partial charge in [0.25, 0.3) is 5.91 Å². The second kappa shape index (κ2) is 10.8. The molecule has 0 spiro atoms.